The molecule has 0 aliphatic rings. The SMILES string of the molecule is CCNC(c1ccc(Cl)cc1Cl)C(C)S(C)(=O)=O. The van der Waals surface area contributed by atoms with Gasteiger partial charge in [-0.1, -0.05) is 36.2 Å². The Bertz CT molecular complexity index is 517. The molecule has 0 saturated carbocycles. The second kappa shape index (κ2) is 6.24. The summed E-state index contributed by atoms with van der Waals surface area (Å²) in [6, 6.07) is 4.76. The molecule has 0 aromatic heterocycles. The molecule has 102 valence electrons. The van der Waals surface area contributed by atoms with E-state index in [9.17, 15) is 8.42 Å². The van der Waals surface area contributed by atoms with Crippen LogP contribution in [0.4, 0.5) is 0 Å². The second-order valence-electron chi connectivity index (χ2n) is 4.24. The fraction of sp³-hybridized carbons (Fsp3) is 0.500. The molecule has 0 bridgehead atoms. The monoisotopic (exact) mass is 309 g/mol. The fourth-order valence-electron chi connectivity index (χ4n) is 1.75. The molecule has 1 aromatic rings. The van der Waals surface area contributed by atoms with E-state index < -0.39 is 15.1 Å². The van der Waals surface area contributed by atoms with E-state index in [1.54, 1.807) is 25.1 Å². The molecule has 2 atom stereocenters. The Labute approximate surface area is 118 Å². The van der Waals surface area contributed by atoms with Crippen LogP contribution in [0.25, 0.3) is 0 Å². The van der Waals surface area contributed by atoms with E-state index in [2.05, 4.69) is 5.32 Å². The van der Waals surface area contributed by atoms with Gasteiger partial charge in [0, 0.05) is 16.3 Å². The lowest BCUT2D eigenvalue weighted by atomic mass is 10.0. The van der Waals surface area contributed by atoms with Crippen molar-refractivity contribution in [3.63, 3.8) is 0 Å². The third-order valence-electron chi connectivity index (χ3n) is 2.87. The summed E-state index contributed by atoms with van der Waals surface area (Å²) in [6.07, 6.45) is 1.23. The molecule has 0 spiro atoms. The third kappa shape index (κ3) is 3.85. The highest BCUT2D eigenvalue weighted by Crippen LogP contribution is 2.30. The molecule has 0 amide bonds. The largest absolute Gasteiger partial charge is 0.309 e. The number of sulfone groups is 1. The van der Waals surface area contributed by atoms with E-state index >= 15 is 0 Å². The fourth-order valence-corrected chi connectivity index (χ4v) is 3.01. The first-order chi connectivity index (χ1) is 8.27. The topological polar surface area (TPSA) is 46.2 Å². The van der Waals surface area contributed by atoms with Crippen LogP contribution >= 0.6 is 23.2 Å². The zero-order valence-electron chi connectivity index (χ0n) is 10.6. The van der Waals surface area contributed by atoms with Crippen molar-refractivity contribution < 1.29 is 8.42 Å². The Hall–Kier alpha value is -0.290. The molecule has 0 aliphatic heterocycles. The minimum Gasteiger partial charge on any atom is -0.309 e. The summed E-state index contributed by atoms with van der Waals surface area (Å²) in [6.45, 7) is 4.25. The second-order valence-corrected chi connectivity index (χ2v) is 7.48. The molecule has 6 heteroatoms. The molecular weight excluding hydrogens is 293 g/mol. The average Bonchev–Trinajstić information content (AvgIpc) is 2.24. The minimum absolute atomic E-state index is 0.338. The van der Waals surface area contributed by atoms with Crippen LogP contribution in [-0.4, -0.2) is 26.5 Å². The number of rotatable bonds is 5. The van der Waals surface area contributed by atoms with Gasteiger partial charge in [0.25, 0.3) is 0 Å². The smallest absolute Gasteiger partial charge is 0.151 e. The van der Waals surface area contributed by atoms with Crippen molar-refractivity contribution in [2.24, 2.45) is 0 Å². The quantitative estimate of drug-likeness (QED) is 0.909. The van der Waals surface area contributed by atoms with Crippen LogP contribution in [0.5, 0.6) is 0 Å². The standard InChI is InChI=1S/C12H17Cl2NO2S/c1-4-15-12(8(2)18(3,16)17)10-6-5-9(13)7-11(10)14/h5-8,12,15H,4H2,1-3H3. The summed E-state index contributed by atoms with van der Waals surface area (Å²) in [7, 11) is -3.15. The van der Waals surface area contributed by atoms with Crippen molar-refractivity contribution in [2.45, 2.75) is 25.1 Å². The van der Waals surface area contributed by atoms with Crippen LogP contribution in [0, 0.1) is 0 Å². The molecule has 2 unspecified atom stereocenters. The van der Waals surface area contributed by atoms with Crippen LogP contribution in [0.15, 0.2) is 18.2 Å². The zero-order valence-corrected chi connectivity index (χ0v) is 12.9. The van der Waals surface area contributed by atoms with Gasteiger partial charge in [-0.25, -0.2) is 8.42 Å². The summed E-state index contributed by atoms with van der Waals surface area (Å²) in [5, 5.41) is 3.61. The lowest BCUT2D eigenvalue weighted by Gasteiger charge is -2.25. The Morgan fingerprint density at radius 1 is 1.33 bits per heavy atom. The summed E-state index contributed by atoms with van der Waals surface area (Å²) in [4.78, 5) is 0. The molecule has 1 N–H and O–H groups in total. The summed E-state index contributed by atoms with van der Waals surface area (Å²) < 4.78 is 23.4. The van der Waals surface area contributed by atoms with Crippen LogP contribution in [0.2, 0.25) is 10.0 Å². The molecule has 0 saturated heterocycles. The van der Waals surface area contributed by atoms with Gasteiger partial charge in [-0.05, 0) is 31.2 Å². The molecule has 0 heterocycles. The minimum atomic E-state index is -3.15. The van der Waals surface area contributed by atoms with Crippen molar-refractivity contribution in [3.05, 3.63) is 33.8 Å². The van der Waals surface area contributed by atoms with Gasteiger partial charge in [0.2, 0.25) is 0 Å². The van der Waals surface area contributed by atoms with Gasteiger partial charge >= 0.3 is 0 Å². The van der Waals surface area contributed by atoms with E-state index in [0.717, 1.165) is 5.56 Å². The summed E-state index contributed by atoms with van der Waals surface area (Å²) in [5.74, 6) is 0. The zero-order chi connectivity index (χ0) is 13.9. The first kappa shape index (κ1) is 15.8. The third-order valence-corrected chi connectivity index (χ3v) is 5.05. The molecule has 1 aromatic carbocycles. The van der Waals surface area contributed by atoms with Crippen molar-refractivity contribution in [3.8, 4) is 0 Å². The Morgan fingerprint density at radius 2 is 1.94 bits per heavy atom. The first-order valence-corrected chi connectivity index (χ1v) is 8.35. The predicted octanol–water partition coefficient (Wildman–Crippen LogP) is 3.08. The summed E-state index contributed by atoms with van der Waals surface area (Å²) >= 11 is 12.0. The lowest BCUT2D eigenvalue weighted by molar-refractivity contribution is 0.513. The number of hydrogen-bond donors (Lipinski definition) is 1. The van der Waals surface area contributed by atoms with Gasteiger partial charge in [0.1, 0.15) is 0 Å². The van der Waals surface area contributed by atoms with Crippen molar-refractivity contribution in [1.29, 1.82) is 0 Å². The Morgan fingerprint density at radius 3 is 2.39 bits per heavy atom. The highest BCUT2D eigenvalue weighted by atomic mass is 35.5. The van der Waals surface area contributed by atoms with Crippen molar-refractivity contribution in [2.75, 3.05) is 12.8 Å². The van der Waals surface area contributed by atoms with Gasteiger partial charge in [-0.15, -0.1) is 0 Å². The molecule has 3 nitrogen and oxygen atoms in total. The highest BCUT2D eigenvalue weighted by Gasteiger charge is 2.28. The van der Waals surface area contributed by atoms with Gasteiger partial charge < -0.3 is 5.32 Å². The molecular formula is C12H17Cl2NO2S. The van der Waals surface area contributed by atoms with Crippen LogP contribution in [0.3, 0.4) is 0 Å². The highest BCUT2D eigenvalue weighted by molar-refractivity contribution is 7.91. The van der Waals surface area contributed by atoms with Crippen molar-refractivity contribution in [1.82, 2.24) is 5.32 Å². The van der Waals surface area contributed by atoms with Crippen LogP contribution in [0.1, 0.15) is 25.5 Å². The molecule has 1 rings (SSSR count). The molecule has 0 fully saturated rings. The summed E-state index contributed by atoms with van der Waals surface area (Å²) in [5.41, 5.74) is 0.751. The maximum absolute atomic E-state index is 11.7. The normalized spacial score (nSPS) is 15.4. The van der Waals surface area contributed by atoms with Crippen LogP contribution < -0.4 is 5.32 Å². The van der Waals surface area contributed by atoms with E-state index in [-0.39, 0.29) is 6.04 Å². The Balaban J connectivity index is 3.20. The number of hydrogen-bond acceptors (Lipinski definition) is 3. The van der Waals surface area contributed by atoms with E-state index in [0.29, 0.717) is 16.6 Å². The molecule has 18 heavy (non-hydrogen) atoms. The molecule has 0 radical (unpaired) electrons. The van der Waals surface area contributed by atoms with Gasteiger partial charge in [0.05, 0.1) is 11.3 Å². The maximum Gasteiger partial charge on any atom is 0.151 e. The number of benzene rings is 1. The Kier molecular flexibility index (Phi) is 5.46. The first-order valence-electron chi connectivity index (χ1n) is 5.64. The van der Waals surface area contributed by atoms with Crippen molar-refractivity contribution >= 4 is 33.0 Å². The van der Waals surface area contributed by atoms with E-state index in [4.69, 9.17) is 23.2 Å². The van der Waals surface area contributed by atoms with E-state index in [1.807, 2.05) is 6.92 Å². The maximum atomic E-state index is 11.7. The van der Waals surface area contributed by atoms with Crippen LogP contribution in [-0.2, 0) is 9.84 Å². The number of nitrogens with one attached hydrogen (secondary N) is 1. The average molecular weight is 310 g/mol. The number of halogens is 2. The molecule has 0 aliphatic carbocycles. The van der Waals surface area contributed by atoms with E-state index in [1.165, 1.54) is 6.26 Å². The lowest BCUT2D eigenvalue weighted by Crippen LogP contribution is -2.35. The van der Waals surface area contributed by atoms with Gasteiger partial charge in [-0.3, -0.25) is 0 Å². The predicted molar refractivity (Wildman–Crippen MR) is 77.2 cm³/mol. The van der Waals surface area contributed by atoms with Gasteiger partial charge in [-0.2, -0.15) is 0 Å². The van der Waals surface area contributed by atoms with Gasteiger partial charge in [0.15, 0.2) is 9.84 Å².